The minimum Gasteiger partial charge on any atom is -0.0776 e. The van der Waals surface area contributed by atoms with Gasteiger partial charge in [-0.2, -0.15) is 0 Å². The van der Waals surface area contributed by atoms with Crippen LogP contribution in [0.4, 0.5) is 0 Å². The Balaban J connectivity index is -0.000000787. The molecule has 0 N–H and O–H groups in total. The molecule has 0 spiro atoms. The van der Waals surface area contributed by atoms with Gasteiger partial charge in [0.2, 0.25) is 0 Å². The maximum Gasteiger partial charge on any atom is -0.0127 e. The molecule has 0 heterocycles. The summed E-state index contributed by atoms with van der Waals surface area (Å²) in [4.78, 5) is 0. The molecule has 0 unspecified atom stereocenters. The number of rotatable bonds is 0. The zero-order chi connectivity index (χ0) is 53.5. The largest absolute Gasteiger partial charge is 0.0776 e. The van der Waals surface area contributed by atoms with Gasteiger partial charge in [0, 0.05) is 0 Å². The van der Waals surface area contributed by atoms with Crippen molar-refractivity contribution in [1.82, 2.24) is 0 Å². The van der Waals surface area contributed by atoms with Gasteiger partial charge in [-0.15, -0.1) is 0 Å². The second-order valence-electron chi connectivity index (χ2n) is 25.7. The minimum absolute atomic E-state index is 0. The van der Waals surface area contributed by atoms with Gasteiger partial charge >= 0.3 is 0 Å². The van der Waals surface area contributed by atoms with Gasteiger partial charge in [0.15, 0.2) is 0 Å². The summed E-state index contributed by atoms with van der Waals surface area (Å²) in [5.74, 6) is 0. The number of hydrogen-bond acceptors (Lipinski definition) is 0. The van der Waals surface area contributed by atoms with Crippen LogP contribution in [0, 0.1) is 62.3 Å². The number of aryl methyl sites for hydroxylation is 9. The Bertz CT molecular complexity index is 2120. The molecule has 0 heteroatoms. The van der Waals surface area contributed by atoms with Gasteiger partial charge in [0.25, 0.3) is 0 Å². The van der Waals surface area contributed by atoms with Crippen LogP contribution >= 0.6 is 0 Å². The summed E-state index contributed by atoms with van der Waals surface area (Å²) >= 11 is 0. The molecule has 402 valence electrons. The first-order valence-corrected chi connectivity index (χ1v) is 25.7. The van der Waals surface area contributed by atoms with Crippen LogP contribution in [-0.4, -0.2) is 0 Å². The molecule has 6 rings (SSSR count). The highest BCUT2D eigenvalue weighted by atomic mass is 14.3. The van der Waals surface area contributed by atoms with E-state index in [9.17, 15) is 0 Å². The SMILES string of the molecule is C.C.C.Cc1cccc(C)c1C(C)(C)C.Cc1cccc(C)c1C(C)(C)C.Cc1cccc(C)c1C(C)(C)C.Cc1ccccc1C(C)(C)C.Cc1ccccc1C(C)(C)C.Cc1ccccc1C(C)(C)C. The monoisotopic (exact) mass is 979 g/mol. The molecule has 0 saturated heterocycles. The van der Waals surface area contributed by atoms with Crippen LogP contribution in [0.1, 0.15) is 230 Å². The van der Waals surface area contributed by atoms with Crippen LogP contribution in [0.25, 0.3) is 0 Å². The summed E-state index contributed by atoms with van der Waals surface area (Å²) in [7, 11) is 0. The Morgan fingerprint density at radius 3 is 0.417 bits per heavy atom. The van der Waals surface area contributed by atoms with Gasteiger partial charge in [-0.1, -0.05) is 274 Å². The molecule has 0 saturated carbocycles. The molecule has 0 aliphatic rings. The molecule has 0 aromatic heterocycles. The Morgan fingerprint density at radius 2 is 0.319 bits per heavy atom. The Kier molecular flexibility index (Phi) is 29.7. The van der Waals surface area contributed by atoms with E-state index in [0.29, 0.717) is 0 Å². The van der Waals surface area contributed by atoms with Gasteiger partial charge in [-0.25, -0.2) is 0 Å². The van der Waals surface area contributed by atoms with E-state index in [0.717, 1.165) is 0 Å². The van der Waals surface area contributed by atoms with E-state index in [1.54, 1.807) is 0 Å². The molecule has 0 amide bonds. The predicted molar refractivity (Wildman–Crippen MR) is 334 cm³/mol. The molecule has 0 aliphatic carbocycles. The lowest BCUT2D eigenvalue weighted by molar-refractivity contribution is 0.581. The molecule has 0 nitrogen and oxygen atoms in total. The van der Waals surface area contributed by atoms with Crippen molar-refractivity contribution >= 4 is 0 Å². The average Bonchev–Trinajstić information content (AvgIpc) is 3.17. The lowest BCUT2D eigenvalue weighted by Gasteiger charge is -2.23. The fourth-order valence-electron chi connectivity index (χ4n) is 10.2. The molecule has 0 bridgehead atoms. The van der Waals surface area contributed by atoms with E-state index in [1.807, 2.05) is 0 Å². The standard InChI is InChI=1S/3C12H18.3C11H16.3CH4/c3*1-9-7-6-8-10(2)11(9)12(3,4)5;3*1-9-7-5-6-8-10(9)11(2,3)4;;;/h3*6-8H,1-5H3;3*5-8H,1-4H3;3*1H4. The third kappa shape index (κ3) is 23.9. The maximum absolute atomic E-state index is 2.27. The summed E-state index contributed by atoms with van der Waals surface area (Å²) in [6, 6.07) is 45.2. The molecule has 6 aromatic carbocycles. The van der Waals surface area contributed by atoms with E-state index < -0.39 is 0 Å². The number of hydrogen-bond donors (Lipinski definition) is 0. The first kappa shape index (κ1) is 71.6. The van der Waals surface area contributed by atoms with Crippen molar-refractivity contribution in [1.29, 1.82) is 0 Å². The van der Waals surface area contributed by atoms with Gasteiger partial charge in [-0.05, 0) is 178 Å². The normalized spacial score (nSPS) is 11.2. The molecule has 6 aromatic rings. The van der Waals surface area contributed by atoms with E-state index in [4.69, 9.17) is 0 Å². The molecule has 72 heavy (non-hydrogen) atoms. The van der Waals surface area contributed by atoms with Crippen LogP contribution in [0.15, 0.2) is 127 Å². The zero-order valence-electron chi connectivity index (χ0n) is 49.6. The molecule has 0 radical (unpaired) electrons. The van der Waals surface area contributed by atoms with Gasteiger partial charge < -0.3 is 0 Å². The summed E-state index contributed by atoms with van der Waals surface area (Å²) in [6.45, 7) is 60.2. The summed E-state index contributed by atoms with van der Waals surface area (Å²) < 4.78 is 0. The van der Waals surface area contributed by atoms with Crippen LogP contribution in [0.5, 0.6) is 0 Å². The maximum atomic E-state index is 2.27. The number of benzene rings is 6. The van der Waals surface area contributed by atoms with Crippen molar-refractivity contribution in [3.63, 3.8) is 0 Å². The Morgan fingerprint density at radius 1 is 0.181 bits per heavy atom. The van der Waals surface area contributed by atoms with Crippen molar-refractivity contribution in [2.45, 2.75) is 242 Å². The first-order valence-electron chi connectivity index (χ1n) is 25.7. The molecule has 0 fully saturated rings. The van der Waals surface area contributed by atoms with Crippen molar-refractivity contribution < 1.29 is 0 Å². The molecular weight excluding hydrogens is 865 g/mol. The molecular formula is C72H114. The van der Waals surface area contributed by atoms with Crippen molar-refractivity contribution in [3.8, 4) is 0 Å². The van der Waals surface area contributed by atoms with Crippen LogP contribution in [0.3, 0.4) is 0 Å². The van der Waals surface area contributed by atoms with Crippen molar-refractivity contribution in [2.24, 2.45) is 0 Å². The fraction of sp³-hybridized carbons (Fsp3) is 0.500. The second-order valence-corrected chi connectivity index (χ2v) is 25.7. The highest BCUT2D eigenvalue weighted by Crippen LogP contribution is 2.31. The van der Waals surface area contributed by atoms with Gasteiger partial charge in [-0.3, -0.25) is 0 Å². The van der Waals surface area contributed by atoms with E-state index in [-0.39, 0.29) is 54.8 Å². The van der Waals surface area contributed by atoms with Gasteiger partial charge in [0.05, 0.1) is 0 Å². The van der Waals surface area contributed by atoms with E-state index >= 15 is 0 Å². The van der Waals surface area contributed by atoms with E-state index in [1.165, 1.54) is 83.5 Å². The third-order valence-electron chi connectivity index (χ3n) is 12.6. The zero-order valence-corrected chi connectivity index (χ0v) is 49.6. The summed E-state index contributed by atoms with van der Waals surface area (Å²) in [6.07, 6.45) is 0. The van der Waals surface area contributed by atoms with Gasteiger partial charge in [0.1, 0.15) is 0 Å². The minimum atomic E-state index is 0. The molecule has 0 atom stereocenters. The van der Waals surface area contributed by atoms with Crippen LogP contribution < -0.4 is 0 Å². The first-order chi connectivity index (χ1) is 31.3. The third-order valence-corrected chi connectivity index (χ3v) is 12.6. The summed E-state index contributed by atoms with van der Waals surface area (Å²) in [5, 5.41) is 0. The Hall–Kier alpha value is -4.68. The van der Waals surface area contributed by atoms with E-state index in [2.05, 4.69) is 314 Å². The van der Waals surface area contributed by atoms with Crippen LogP contribution in [-0.2, 0) is 32.5 Å². The lowest BCUT2D eigenvalue weighted by atomic mass is 9.81. The Labute approximate surface area is 450 Å². The smallest absolute Gasteiger partial charge is 0.0127 e. The molecule has 0 aliphatic heterocycles. The van der Waals surface area contributed by atoms with Crippen molar-refractivity contribution in [3.05, 3.63) is 211 Å². The topological polar surface area (TPSA) is 0 Å². The fourth-order valence-corrected chi connectivity index (χ4v) is 10.2. The predicted octanol–water partition coefficient (Wildman–Crippen LogP) is 22.6. The van der Waals surface area contributed by atoms with Crippen LogP contribution in [0.2, 0.25) is 0 Å². The highest BCUT2D eigenvalue weighted by Gasteiger charge is 2.20. The van der Waals surface area contributed by atoms with Crippen molar-refractivity contribution in [2.75, 3.05) is 0 Å². The highest BCUT2D eigenvalue weighted by molar-refractivity contribution is 5.41. The lowest BCUT2D eigenvalue weighted by Crippen LogP contribution is -2.14. The average molecular weight is 980 g/mol. The quantitative estimate of drug-likeness (QED) is 0.142. The summed E-state index contributed by atoms with van der Waals surface area (Å²) in [5.41, 5.74) is 23.1. The second kappa shape index (κ2) is 29.9.